The molecule has 7 nitrogen and oxygen atoms in total. The number of nitrogens with zero attached hydrogens (tertiary/aromatic N) is 1. The summed E-state index contributed by atoms with van der Waals surface area (Å²) in [4.78, 5) is 33.9. The standard InChI is InChI=1S/C9H16N2O5/c1-11(2)7(3-8(14)15)9(16)10-6(4-12)5-13/h4,6-7,13H,3,5H2,1-2H3,(H,10,16)(H,14,15)/t6-,7+/m1/s1. The highest BCUT2D eigenvalue weighted by molar-refractivity contribution is 5.87. The minimum atomic E-state index is -1.11. The SMILES string of the molecule is CN(C)[C@@H](CC(=O)O)C(=O)N[C@H](C=O)CO. The fourth-order valence-electron chi connectivity index (χ4n) is 1.08. The summed E-state index contributed by atoms with van der Waals surface area (Å²) in [6, 6.07) is -1.87. The minimum Gasteiger partial charge on any atom is -0.481 e. The van der Waals surface area contributed by atoms with E-state index in [1.54, 1.807) is 14.1 Å². The highest BCUT2D eigenvalue weighted by atomic mass is 16.4. The van der Waals surface area contributed by atoms with E-state index in [-0.39, 0.29) is 6.42 Å². The number of hydrogen-bond donors (Lipinski definition) is 3. The first-order valence-corrected chi connectivity index (χ1v) is 4.67. The minimum absolute atomic E-state index is 0.365. The molecule has 2 atom stereocenters. The van der Waals surface area contributed by atoms with Gasteiger partial charge in [0, 0.05) is 0 Å². The first-order chi connectivity index (χ1) is 7.42. The van der Waals surface area contributed by atoms with Crippen LogP contribution in [-0.4, -0.2) is 66.1 Å². The first kappa shape index (κ1) is 14.5. The molecule has 0 bridgehead atoms. The maximum Gasteiger partial charge on any atom is 0.305 e. The molecule has 0 aromatic carbocycles. The molecular weight excluding hydrogens is 216 g/mol. The average Bonchev–Trinajstić information content (AvgIpc) is 2.21. The van der Waals surface area contributed by atoms with E-state index < -0.39 is 30.6 Å². The number of carboxylic acids is 1. The zero-order valence-electron chi connectivity index (χ0n) is 9.21. The van der Waals surface area contributed by atoms with Crippen LogP contribution in [0.25, 0.3) is 0 Å². The molecule has 0 heterocycles. The molecule has 1 amide bonds. The highest BCUT2D eigenvalue weighted by Crippen LogP contribution is 2.00. The van der Waals surface area contributed by atoms with Crippen molar-refractivity contribution in [3.8, 4) is 0 Å². The molecule has 0 spiro atoms. The van der Waals surface area contributed by atoms with E-state index in [1.165, 1.54) is 4.90 Å². The average molecular weight is 232 g/mol. The molecule has 0 aliphatic rings. The largest absolute Gasteiger partial charge is 0.481 e. The molecule has 0 aromatic rings. The van der Waals surface area contributed by atoms with Gasteiger partial charge in [-0.25, -0.2) is 0 Å². The molecule has 0 fully saturated rings. The van der Waals surface area contributed by atoms with Crippen molar-refractivity contribution < 1.29 is 24.6 Å². The zero-order valence-corrected chi connectivity index (χ0v) is 9.21. The number of likely N-dealkylation sites (N-methyl/N-ethyl adjacent to an activating group) is 1. The fraction of sp³-hybridized carbons (Fsp3) is 0.667. The Morgan fingerprint density at radius 1 is 1.44 bits per heavy atom. The molecule has 0 saturated heterocycles. The lowest BCUT2D eigenvalue weighted by Crippen LogP contribution is -2.49. The van der Waals surface area contributed by atoms with Gasteiger partial charge in [-0.15, -0.1) is 0 Å². The monoisotopic (exact) mass is 232 g/mol. The number of aliphatic carboxylic acids is 1. The number of amides is 1. The molecule has 0 aliphatic carbocycles. The van der Waals surface area contributed by atoms with Crippen LogP contribution in [0.15, 0.2) is 0 Å². The number of nitrogens with one attached hydrogen (secondary N) is 1. The Balaban J connectivity index is 4.49. The van der Waals surface area contributed by atoms with Crippen LogP contribution >= 0.6 is 0 Å². The first-order valence-electron chi connectivity index (χ1n) is 4.67. The van der Waals surface area contributed by atoms with Crippen molar-refractivity contribution in [2.45, 2.75) is 18.5 Å². The van der Waals surface area contributed by atoms with Gasteiger partial charge in [0.25, 0.3) is 0 Å². The number of aliphatic hydroxyl groups is 1. The second-order valence-electron chi connectivity index (χ2n) is 3.51. The number of aliphatic hydroxyl groups excluding tert-OH is 1. The number of carboxylic acid groups (broad SMARTS) is 1. The van der Waals surface area contributed by atoms with Crippen molar-refractivity contribution >= 4 is 18.2 Å². The summed E-state index contributed by atoms with van der Waals surface area (Å²) in [5.74, 6) is -1.71. The van der Waals surface area contributed by atoms with Gasteiger partial charge >= 0.3 is 5.97 Å². The van der Waals surface area contributed by atoms with Crippen LogP contribution in [0.2, 0.25) is 0 Å². The second-order valence-corrected chi connectivity index (χ2v) is 3.51. The van der Waals surface area contributed by atoms with Gasteiger partial charge in [-0.2, -0.15) is 0 Å². The van der Waals surface area contributed by atoms with Crippen LogP contribution in [0.1, 0.15) is 6.42 Å². The number of carbonyl (C=O) groups excluding carboxylic acids is 2. The van der Waals surface area contributed by atoms with E-state index in [0.29, 0.717) is 6.29 Å². The smallest absolute Gasteiger partial charge is 0.305 e. The molecule has 0 unspecified atom stereocenters. The second kappa shape index (κ2) is 6.91. The third kappa shape index (κ3) is 4.85. The number of aldehydes is 1. The highest BCUT2D eigenvalue weighted by Gasteiger charge is 2.25. The quantitative estimate of drug-likeness (QED) is 0.441. The van der Waals surface area contributed by atoms with Crippen molar-refractivity contribution in [2.75, 3.05) is 20.7 Å². The van der Waals surface area contributed by atoms with Crippen molar-refractivity contribution in [1.29, 1.82) is 0 Å². The van der Waals surface area contributed by atoms with E-state index >= 15 is 0 Å². The maximum absolute atomic E-state index is 11.6. The molecule has 0 saturated carbocycles. The molecule has 0 aliphatic heterocycles. The van der Waals surface area contributed by atoms with E-state index in [4.69, 9.17) is 10.2 Å². The van der Waals surface area contributed by atoms with E-state index in [1.807, 2.05) is 0 Å². The molecular formula is C9H16N2O5. The Morgan fingerprint density at radius 2 is 2.00 bits per heavy atom. The summed E-state index contributed by atoms with van der Waals surface area (Å²) in [5, 5.41) is 19.5. The summed E-state index contributed by atoms with van der Waals surface area (Å²) in [7, 11) is 3.12. The third-order valence-corrected chi connectivity index (χ3v) is 1.98. The van der Waals surface area contributed by atoms with Gasteiger partial charge in [-0.3, -0.25) is 14.5 Å². The summed E-state index contributed by atoms with van der Waals surface area (Å²) in [6.45, 7) is -0.511. The molecule has 0 rings (SSSR count). The summed E-state index contributed by atoms with van der Waals surface area (Å²) in [5.41, 5.74) is 0. The summed E-state index contributed by atoms with van der Waals surface area (Å²) < 4.78 is 0. The van der Waals surface area contributed by atoms with Crippen LogP contribution in [-0.2, 0) is 14.4 Å². The van der Waals surface area contributed by atoms with Crippen LogP contribution in [0.4, 0.5) is 0 Å². The Labute approximate surface area is 93.0 Å². The maximum atomic E-state index is 11.6. The van der Waals surface area contributed by atoms with Crippen molar-refractivity contribution in [3.63, 3.8) is 0 Å². The molecule has 0 aromatic heterocycles. The van der Waals surface area contributed by atoms with Gasteiger partial charge in [0.05, 0.1) is 19.1 Å². The van der Waals surface area contributed by atoms with Crippen LogP contribution in [0.5, 0.6) is 0 Å². The van der Waals surface area contributed by atoms with Crippen molar-refractivity contribution in [1.82, 2.24) is 10.2 Å². The Bertz CT molecular complexity index is 267. The van der Waals surface area contributed by atoms with Crippen LogP contribution in [0, 0.1) is 0 Å². The number of carbonyl (C=O) groups is 3. The Hall–Kier alpha value is -1.47. The molecule has 92 valence electrons. The normalized spacial score (nSPS) is 14.2. The Morgan fingerprint density at radius 3 is 2.31 bits per heavy atom. The lowest BCUT2D eigenvalue weighted by molar-refractivity contribution is -0.141. The van der Waals surface area contributed by atoms with Gasteiger partial charge < -0.3 is 20.3 Å². The van der Waals surface area contributed by atoms with Gasteiger partial charge in [-0.05, 0) is 14.1 Å². The van der Waals surface area contributed by atoms with Gasteiger partial charge in [0.2, 0.25) is 5.91 Å². The molecule has 0 radical (unpaired) electrons. The predicted octanol–water partition coefficient (Wildman–Crippen LogP) is -1.93. The molecule has 16 heavy (non-hydrogen) atoms. The number of rotatable bonds is 7. The van der Waals surface area contributed by atoms with Gasteiger partial charge in [0.15, 0.2) is 0 Å². The van der Waals surface area contributed by atoms with Gasteiger partial charge in [0.1, 0.15) is 12.3 Å². The van der Waals surface area contributed by atoms with Crippen LogP contribution < -0.4 is 5.32 Å². The van der Waals surface area contributed by atoms with Crippen LogP contribution in [0.3, 0.4) is 0 Å². The lowest BCUT2D eigenvalue weighted by Gasteiger charge is -2.23. The van der Waals surface area contributed by atoms with Crippen molar-refractivity contribution in [3.05, 3.63) is 0 Å². The van der Waals surface area contributed by atoms with E-state index in [9.17, 15) is 14.4 Å². The Kier molecular flexibility index (Phi) is 6.28. The zero-order chi connectivity index (χ0) is 12.7. The molecule has 7 heteroatoms. The lowest BCUT2D eigenvalue weighted by atomic mass is 10.1. The third-order valence-electron chi connectivity index (χ3n) is 1.98. The van der Waals surface area contributed by atoms with E-state index in [0.717, 1.165) is 0 Å². The molecule has 3 N–H and O–H groups in total. The number of hydrogen-bond acceptors (Lipinski definition) is 5. The summed E-state index contributed by atoms with van der Waals surface area (Å²) >= 11 is 0. The topological polar surface area (TPSA) is 107 Å². The predicted molar refractivity (Wildman–Crippen MR) is 54.8 cm³/mol. The fourth-order valence-corrected chi connectivity index (χ4v) is 1.08. The van der Waals surface area contributed by atoms with Gasteiger partial charge in [-0.1, -0.05) is 0 Å². The summed E-state index contributed by atoms with van der Waals surface area (Å²) in [6.07, 6.45) is 0.0290. The van der Waals surface area contributed by atoms with Crippen molar-refractivity contribution in [2.24, 2.45) is 0 Å². The van der Waals surface area contributed by atoms with E-state index in [2.05, 4.69) is 5.32 Å².